The second-order valence-corrected chi connectivity index (χ2v) is 11.4. The average molecular weight is 613 g/mol. The summed E-state index contributed by atoms with van der Waals surface area (Å²) in [6, 6.07) is 16.0. The maximum Gasteiger partial charge on any atom is 0.303 e. The van der Waals surface area contributed by atoms with Crippen molar-refractivity contribution in [2.75, 3.05) is 6.61 Å². The molecule has 1 aliphatic heterocycles. The largest absolute Gasteiger partial charge is 0.463 e. The van der Waals surface area contributed by atoms with E-state index in [0.29, 0.717) is 12.0 Å². The third kappa shape index (κ3) is 8.26. The molecule has 2 aromatic carbocycles. The SMILES string of the molecule is CC(=O)OCC1O[C@@H](c2ccc(C)c(Cc3ccc(-c4ccc(F)cc4)s3)c2)[C@H](OC(C)=O)C(OC(C)=O)[C@@H]1OC(C)=O. The van der Waals surface area contributed by atoms with E-state index in [9.17, 15) is 23.6 Å². The van der Waals surface area contributed by atoms with Gasteiger partial charge in [-0.15, -0.1) is 11.3 Å². The summed E-state index contributed by atoms with van der Waals surface area (Å²) in [6.07, 6.45) is -5.06. The predicted molar refractivity (Wildman–Crippen MR) is 155 cm³/mol. The van der Waals surface area contributed by atoms with E-state index in [-0.39, 0.29) is 12.4 Å². The standard InChI is InChI=1S/C32H33FO9S/c1-17-6-7-23(14-24(17)15-26-12-13-28(43-26)22-8-10-25(33)11-9-22)29-31(40-20(4)36)32(41-21(5)37)30(39-19(3)35)27(42-29)16-38-18(2)34/h6-14,27,29-32H,15-16H2,1-5H3/t27?,29-,30+,31-,32?/m0/s1. The number of ether oxygens (including phenoxy) is 5. The minimum atomic E-state index is -1.25. The smallest absolute Gasteiger partial charge is 0.303 e. The molecular weight excluding hydrogens is 579 g/mol. The van der Waals surface area contributed by atoms with E-state index >= 15 is 0 Å². The highest BCUT2D eigenvalue weighted by atomic mass is 32.1. The van der Waals surface area contributed by atoms with Crippen LogP contribution < -0.4 is 0 Å². The zero-order valence-corrected chi connectivity index (χ0v) is 25.3. The van der Waals surface area contributed by atoms with Gasteiger partial charge < -0.3 is 23.7 Å². The first-order valence-corrected chi connectivity index (χ1v) is 14.5. The van der Waals surface area contributed by atoms with Crippen LogP contribution in [0.3, 0.4) is 0 Å². The first-order valence-electron chi connectivity index (χ1n) is 13.7. The Morgan fingerprint density at radius 3 is 2.05 bits per heavy atom. The van der Waals surface area contributed by atoms with Gasteiger partial charge in [0.1, 0.15) is 24.6 Å². The van der Waals surface area contributed by atoms with Crippen molar-refractivity contribution in [1.82, 2.24) is 0 Å². The second kappa shape index (κ2) is 13.9. The zero-order chi connectivity index (χ0) is 31.3. The van der Waals surface area contributed by atoms with Gasteiger partial charge in [0, 0.05) is 43.9 Å². The Morgan fingerprint density at radius 2 is 1.42 bits per heavy atom. The van der Waals surface area contributed by atoms with Gasteiger partial charge in [0.05, 0.1) is 0 Å². The summed E-state index contributed by atoms with van der Waals surface area (Å²) in [6.45, 7) is 6.48. The molecule has 3 aromatic rings. The Bertz CT molecular complexity index is 1480. The fraction of sp³-hybridized carbons (Fsp3) is 0.375. The molecule has 1 aromatic heterocycles. The lowest BCUT2D eigenvalue weighted by Gasteiger charge is -2.44. The van der Waals surface area contributed by atoms with Crippen molar-refractivity contribution < 1.29 is 47.3 Å². The molecule has 1 saturated heterocycles. The number of hydrogen-bond acceptors (Lipinski definition) is 10. The van der Waals surface area contributed by atoms with Gasteiger partial charge in [-0.1, -0.05) is 30.3 Å². The van der Waals surface area contributed by atoms with E-state index < -0.39 is 54.4 Å². The van der Waals surface area contributed by atoms with Crippen LogP contribution in [0.25, 0.3) is 10.4 Å². The topological polar surface area (TPSA) is 114 Å². The molecule has 0 amide bonds. The van der Waals surface area contributed by atoms with Crippen LogP contribution in [0.15, 0.2) is 54.6 Å². The molecule has 0 radical (unpaired) electrons. The van der Waals surface area contributed by atoms with E-state index in [4.69, 9.17) is 23.7 Å². The van der Waals surface area contributed by atoms with Gasteiger partial charge in [-0.3, -0.25) is 19.2 Å². The molecule has 4 rings (SSSR count). The van der Waals surface area contributed by atoms with E-state index in [1.54, 1.807) is 23.5 Å². The molecule has 2 unspecified atom stereocenters. The van der Waals surface area contributed by atoms with Crippen LogP contribution >= 0.6 is 11.3 Å². The van der Waals surface area contributed by atoms with Crippen LogP contribution in [-0.2, 0) is 49.3 Å². The van der Waals surface area contributed by atoms with Crippen molar-refractivity contribution in [2.24, 2.45) is 0 Å². The number of rotatable bonds is 9. The number of halogens is 1. The van der Waals surface area contributed by atoms with Crippen LogP contribution in [0, 0.1) is 12.7 Å². The number of hydrogen-bond donors (Lipinski definition) is 0. The molecule has 0 N–H and O–H groups in total. The molecule has 9 nitrogen and oxygen atoms in total. The molecular formula is C32H33FO9S. The summed E-state index contributed by atoms with van der Waals surface area (Å²) >= 11 is 1.59. The maximum atomic E-state index is 13.4. The minimum absolute atomic E-state index is 0.296. The van der Waals surface area contributed by atoms with E-state index in [1.165, 1.54) is 39.8 Å². The molecule has 0 saturated carbocycles. The summed E-state index contributed by atoms with van der Waals surface area (Å²) in [5.74, 6) is -2.91. The summed E-state index contributed by atoms with van der Waals surface area (Å²) in [5, 5.41) is 0. The van der Waals surface area contributed by atoms with Gasteiger partial charge in [0.2, 0.25) is 0 Å². The van der Waals surface area contributed by atoms with Gasteiger partial charge in [0.15, 0.2) is 18.3 Å². The van der Waals surface area contributed by atoms with E-state index in [0.717, 1.165) is 26.4 Å². The number of aryl methyl sites for hydroxylation is 1. The summed E-state index contributed by atoms with van der Waals surface area (Å²) in [4.78, 5) is 50.1. The number of esters is 4. The Labute approximate surface area is 252 Å². The summed E-state index contributed by atoms with van der Waals surface area (Å²) < 4.78 is 41.6. The van der Waals surface area contributed by atoms with Gasteiger partial charge in [0.25, 0.3) is 0 Å². The predicted octanol–water partition coefficient (Wildman–Crippen LogP) is 5.25. The van der Waals surface area contributed by atoms with Crippen molar-refractivity contribution in [2.45, 2.75) is 71.6 Å². The highest BCUT2D eigenvalue weighted by Crippen LogP contribution is 2.39. The van der Waals surface area contributed by atoms with E-state index in [2.05, 4.69) is 0 Å². The fourth-order valence-electron chi connectivity index (χ4n) is 4.99. The monoisotopic (exact) mass is 612 g/mol. The van der Waals surface area contributed by atoms with Crippen LogP contribution in [0.1, 0.15) is 55.4 Å². The lowest BCUT2D eigenvalue weighted by atomic mass is 9.88. The Morgan fingerprint density at radius 1 is 0.791 bits per heavy atom. The average Bonchev–Trinajstić information content (AvgIpc) is 3.39. The molecule has 11 heteroatoms. The molecule has 1 aliphatic rings. The second-order valence-electron chi connectivity index (χ2n) is 10.3. The van der Waals surface area contributed by atoms with Crippen molar-refractivity contribution >= 4 is 35.2 Å². The minimum Gasteiger partial charge on any atom is -0.463 e. The van der Waals surface area contributed by atoms with Crippen molar-refractivity contribution in [1.29, 1.82) is 0 Å². The normalized spacial score (nSPS) is 21.5. The Hall–Kier alpha value is -4.09. The van der Waals surface area contributed by atoms with Crippen molar-refractivity contribution in [3.8, 4) is 10.4 Å². The molecule has 228 valence electrons. The number of carbonyl (C=O) groups is 4. The summed E-state index contributed by atoms with van der Waals surface area (Å²) in [7, 11) is 0. The summed E-state index contributed by atoms with van der Waals surface area (Å²) in [5.41, 5.74) is 3.51. The highest BCUT2D eigenvalue weighted by molar-refractivity contribution is 7.15. The first-order chi connectivity index (χ1) is 20.4. The Balaban J connectivity index is 1.70. The van der Waals surface area contributed by atoms with E-state index in [1.807, 2.05) is 37.3 Å². The lowest BCUT2D eigenvalue weighted by Crippen LogP contribution is -2.59. The van der Waals surface area contributed by atoms with Crippen molar-refractivity contribution in [3.63, 3.8) is 0 Å². The van der Waals surface area contributed by atoms with Gasteiger partial charge in [-0.25, -0.2) is 4.39 Å². The maximum absolute atomic E-state index is 13.4. The van der Waals surface area contributed by atoms with Gasteiger partial charge in [-0.2, -0.15) is 0 Å². The molecule has 1 fully saturated rings. The molecule has 2 heterocycles. The third-order valence-corrected chi connectivity index (χ3v) is 7.98. The third-order valence-electron chi connectivity index (χ3n) is 6.85. The first kappa shape index (κ1) is 31.8. The van der Waals surface area contributed by atoms with Crippen LogP contribution in [0.2, 0.25) is 0 Å². The number of benzene rings is 2. The molecule has 5 atom stereocenters. The molecule has 43 heavy (non-hydrogen) atoms. The van der Waals surface area contributed by atoms with Gasteiger partial charge in [-0.05, 0) is 53.4 Å². The quantitative estimate of drug-likeness (QED) is 0.236. The highest BCUT2D eigenvalue weighted by Gasteiger charge is 2.52. The molecule has 0 spiro atoms. The van der Waals surface area contributed by atoms with Crippen LogP contribution in [0.5, 0.6) is 0 Å². The Kier molecular flexibility index (Phi) is 10.3. The number of thiophene rings is 1. The number of carbonyl (C=O) groups excluding carboxylic acids is 4. The van der Waals surface area contributed by atoms with Crippen LogP contribution in [0.4, 0.5) is 4.39 Å². The zero-order valence-electron chi connectivity index (χ0n) is 24.5. The fourth-order valence-corrected chi connectivity index (χ4v) is 6.02. The van der Waals surface area contributed by atoms with Gasteiger partial charge >= 0.3 is 23.9 Å². The molecule has 0 bridgehead atoms. The molecule has 0 aliphatic carbocycles. The van der Waals surface area contributed by atoms with Crippen LogP contribution in [-0.4, -0.2) is 54.9 Å². The van der Waals surface area contributed by atoms with Crippen molar-refractivity contribution in [3.05, 3.63) is 82.0 Å². The lowest BCUT2D eigenvalue weighted by molar-refractivity contribution is -0.254.